The molecule has 4 nitrogen and oxygen atoms in total. The molecule has 0 radical (unpaired) electrons. The number of aryl methyl sites for hydroxylation is 1. The van der Waals surface area contributed by atoms with Crippen molar-refractivity contribution in [2.75, 3.05) is 19.0 Å². The first-order valence-electron chi connectivity index (χ1n) is 8.79. The Balaban J connectivity index is 2.07. The van der Waals surface area contributed by atoms with Crippen molar-refractivity contribution in [3.8, 4) is 5.75 Å². The number of hydrogen-bond acceptors (Lipinski definition) is 5. The third kappa shape index (κ3) is 5.81. The minimum Gasteiger partial charge on any atom is -0.496 e. The van der Waals surface area contributed by atoms with Gasteiger partial charge in [-0.15, -0.1) is 11.3 Å². The summed E-state index contributed by atoms with van der Waals surface area (Å²) < 4.78 is 11.6. The number of halogens is 1. The number of rotatable bonds is 10. The molecule has 0 spiro atoms. The molecule has 2 aromatic rings. The number of alkyl halides is 1. The highest BCUT2D eigenvalue weighted by atomic mass is 79.9. The van der Waals surface area contributed by atoms with Crippen LogP contribution in [0, 0.1) is 5.92 Å². The zero-order valence-corrected chi connectivity index (χ0v) is 17.9. The molecule has 1 aromatic carbocycles. The molecule has 142 valence electrons. The Morgan fingerprint density at radius 2 is 1.96 bits per heavy atom. The summed E-state index contributed by atoms with van der Waals surface area (Å²) in [7, 11) is 1.67. The molecule has 0 amide bonds. The van der Waals surface area contributed by atoms with Crippen molar-refractivity contribution in [1.82, 2.24) is 0 Å². The number of esters is 1. The van der Waals surface area contributed by atoms with Crippen molar-refractivity contribution < 1.29 is 19.1 Å². The number of thiophene rings is 1. The number of hydrogen-bond donors (Lipinski definition) is 0. The van der Waals surface area contributed by atoms with E-state index in [2.05, 4.69) is 22.0 Å². The molecule has 0 atom stereocenters. The summed E-state index contributed by atoms with van der Waals surface area (Å²) in [5, 5.41) is 1.99. The van der Waals surface area contributed by atoms with Crippen LogP contribution in [0.3, 0.4) is 0 Å². The van der Waals surface area contributed by atoms with Crippen LogP contribution in [0.2, 0.25) is 0 Å². The average molecular weight is 441 g/mol. The molecule has 6 heteroatoms. The third-order valence-corrected chi connectivity index (χ3v) is 5.61. The molecule has 2 rings (SSSR count). The van der Waals surface area contributed by atoms with E-state index < -0.39 is 0 Å². The number of benzene rings is 1. The van der Waals surface area contributed by atoms with Crippen molar-refractivity contribution in [3.63, 3.8) is 0 Å². The topological polar surface area (TPSA) is 52.6 Å². The Morgan fingerprint density at radius 1 is 1.19 bits per heavy atom. The van der Waals surface area contributed by atoms with Crippen molar-refractivity contribution in [2.24, 2.45) is 5.92 Å². The highest BCUT2D eigenvalue weighted by Crippen LogP contribution is 2.33. The van der Waals surface area contributed by atoms with Crippen LogP contribution >= 0.6 is 27.3 Å². The molecule has 1 aromatic heterocycles. The highest BCUT2D eigenvalue weighted by Gasteiger charge is 2.15. The Kier molecular flexibility index (Phi) is 8.10. The van der Waals surface area contributed by atoms with Gasteiger partial charge in [0.1, 0.15) is 5.75 Å². The summed E-state index contributed by atoms with van der Waals surface area (Å²) in [6, 6.07) is 6.01. The van der Waals surface area contributed by atoms with E-state index in [0.717, 1.165) is 39.6 Å². The fraction of sp³-hybridized carbons (Fsp3) is 0.500. The first-order chi connectivity index (χ1) is 12.4. The largest absolute Gasteiger partial charge is 0.496 e. The van der Waals surface area contributed by atoms with Crippen LogP contribution in [0.4, 0.5) is 0 Å². The molecule has 26 heavy (non-hydrogen) atoms. The molecule has 0 aliphatic carbocycles. The molecule has 0 saturated carbocycles. The van der Waals surface area contributed by atoms with Crippen molar-refractivity contribution >= 4 is 49.1 Å². The highest BCUT2D eigenvalue weighted by molar-refractivity contribution is 9.09. The molecule has 0 aliphatic rings. The van der Waals surface area contributed by atoms with Gasteiger partial charge >= 0.3 is 5.97 Å². The zero-order valence-electron chi connectivity index (χ0n) is 15.5. The number of carbonyl (C=O) groups excluding carboxylic acids is 2. The van der Waals surface area contributed by atoms with Gasteiger partial charge in [-0.1, -0.05) is 29.8 Å². The summed E-state index contributed by atoms with van der Waals surface area (Å²) in [6.45, 7) is 4.36. The Labute approximate surface area is 167 Å². The van der Waals surface area contributed by atoms with Gasteiger partial charge in [-0.2, -0.15) is 0 Å². The second-order valence-corrected chi connectivity index (χ2v) is 8.48. The maximum absolute atomic E-state index is 12.4. The average Bonchev–Trinajstić information content (AvgIpc) is 3.04. The van der Waals surface area contributed by atoms with E-state index in [-0.39, 0.29) is 24.6 Å². The van der Waals surface area contributed by atoms with E-state index in [9.17, 15) is 9.59 Å². The molecule has 0 N–H and O–H groups in total. The molecule has 0 saturated heterocycles. The quantitative estimate of drug-likeness (QED) is 0.282. The fourth-order valence-electron chi connectivity index (χ4n) is 2.57. The van der Waals surface area contributed by atoms with E-state index in [1.165, 1.54) is 11.3 Å². The minimum absolute atomic E-state index is 0.0197. The van der Waals surface area contributed by atoms with Gasteiger partial charge in [0.2, 0.25) is 0 Å². The van der Waals surface area contributed by atoms with Crippen LogP contribution in [0.25, 0.3) is 10.1 Å². The van der Waals surface area contributed by atoms with Gasteiger partial charge in [0.05, 0.1) is 25.0 Å². The van der Waals surface area contributed by atoms with E-state index in [0.29, 0.717) is 17.4 Å². The predicted octanol–water partition coefficient (Wildman–Crippen LogP) is 5.40. The molecule has 0 aliphatic heterocycles. The van der Waals surface area contributed by atoms with Crippen molar-refractivity contribution in [1.29, 1.82) is 0 Å². The van der Waals surface area contributed by atoms with Gasteiger partial charge in [0.25, 0.3) is 0 Å². The molecular weight excluding hydrogens is 416 g/mol. The monoisotopic (exact) mass is 440 g/mol. The third-order valence-electron chi connectivity index (χ3n) is 3.91. The maximum atomic E-state index is 12.4. The van der Waals surface area contributed by atoms with Crippen LogP contribution in [0.1, 0.15) is 48.3 Å². The van der Waals surface area contributed by atoms with Crippen molar-refractivity contribution in [2.45, 2.75) is 39.5 Å². The second kappa shape index (κ2) is 10.1. The molecular formula is C20H25BrO4S. The van der Waals surface area contributed by atoms with Gasteiger partial charge in [-0.25, -0.2) is 0 Å². The minimum atomic E-state index is -0.313. The van der Waals surface area contributed by atoms with E-state index in [4.69, 9.17) is 9.47 Å². The lowest BCUT2D eigenvalue weighted by Crippen LogP contribution is -2.11. The Morgan fingerprint density at radius 3 is 2.62 bits per heavy atom. The SMILES string of the molecule is COc1cc2sc(C(=O)CCC(=O)OCC(C)C)cc2cc1CCCBr. The smallest absolute Gasteiger partial charge is 0.306 e. The van der Waals surface area contributed by atoms with Crippen LogP contribution < -0.4 is 4.74 Å². The summed E-state index contributed by atoms with van der Waals surface area (Å²) in [6.07, 6.45) is 2.25. The first-order valence-corrected chi connectivity index (χ1v) is 10.7. The van der Waals surface area contributed by atoms with Gasteiger partial charge in [0, 0.05) is 16.5 Å². The standard InChI is InChI=1S/C20H25BrO4S/c1-13(2)12-25-20(23)7-6-16(22)19-10-15-9-14(5-4-8-21)17(24-3)11-18(15)26-19/h9-11,13H,4-8,12H2,1-3H3. The number of ether oxygens (including phenoxy) is 2. The summed E-state index contributed by atoms with van der Waals surface area (Å²) in [4.78, 5) is 24.8. The number of ketones is 1. The lowest BCUT2D eigenvalue weighted by Gasteiger charge is -2.07. The summed E-state index contributed by atoms with van der Waals surface area (Å²) in [5.41, 5.74) is 1.15. The lowest BCUT2D eigenvalue weighted by atomic mass is 10.1. The normalized spacial score (nSPS) is 11.1. The van der Waals surface area contributed by atoms with Gasteiger partial charge < -0.3 is 9.47 Å². The van der Waals surface area contributed by atoms with Gasteiger partial charge in [-0.05, 0) is 47.9 Å². The van der Waals surface area contributed by atoms with Gasteiger partial charge in [-0.3, -0.25) is 9.59 Å². The Hall–Kier alpha value is -1.40. The molecule has 0 fully saturated rings. The van der Waals surface area contributed by atoms with E-state index in [1.807, 2.05) is 26.0 Å². The summed E-state index contributed by atoms with van der Waals surface area (Å²) >= 11 is 4.90. The Bertz CT molecular complexity index is 767. The number of methoxy groups -OCH3 is 1. The van der Waals surface area contributed by atoms with Crippen LogP contribution in [0.5, 0.6) is 5.75 Å². The number of fused-ring (bicyclic) bond motifs is 1. The number of carbonyl (C=O) groups is 2. The first kappa shape index (κ1) is 20.9. The maximum Gasteiger partial charge on any atom is 0.306 e. The van der Waals surface area contributed by atoms with Gasteiger partial charge in [0.15, 0.2) is 5.78 Å². The molecule has 0 bridgehead atoms. The molecule has 0 unspecified atom stereocenters. The van der Waals surface area contributed by atoms with Crippen molar-refractivity contribution in [3.05, 3.63) is 28.6 Å². The zero-order chi connectivity index (χ0) is 19.1. The van der Waals surface area contributed by atoms with E-state index in [1.54, 1.807) is 7.11 Å². The van der Waals surface area contributed by atoms with Crippen LogP contribution in [-0.2, 0) is 16.0 Å². The molecule has 1 heterocycles. The second-order valence-electron chi connectivity index (χ2n) is 6.61. The fourth-order valence-corrected chi connectivity index (χ4v) is 3.89. The number of Topliss-reactive ketones (excluding diaryl/α,β-unsaturated/α-hetero) is 1. The van der Waals surface area contributed by atoms with Crippen LogP contribution in [0.15, 0.2) is 18.2 Å². The lowest BCUT2D eigenvalue weighted by molar-refractivity contribution is -0.144. The summed E-state index contributed by atoms with van der Waals surface area (Å²) in [5.74, 6) is 0.822. The van der Waals surface area contributed by atoms with Crippen LogP contribution in [-0.4, -0.2) is 30.8 Å². The predicted molar refractivity (Wildman–Crippen MR) is 110 cm³/mol. The van der Waals surface area contributed by atoms with E-state index >= 15 is 0 Å².